The standard InChI is InChI=1S/C51H47N7O2/c1-2-3-25-48-52-46-31-30-38(47-34-42-22-15-32-57(42)60-47)33-45(46)50(59)56(48)35-36-26-28-37(29-27-36)43-23-13-14-24-44(43)49-53-54-55-58(49)51(39-16-7-4-8-17-39,40-18-9-5-10-19-40)41-20-11-6-12-21-41/h4-14,16-21,23-24,26-31,33,42,47H,2-3,15,22,25,32,34-35H2,1H3. The van der Waals surface area contributed by atoms with E-state index in [-0.39, 0.29) is 11.7 Å². The summed E-state index contributed by atoms with van der Waals surface area (Å²) in [5, 5.41) is 16.7. The zero-order chi connectivity index (χ0) is 40.5. The smallest absolute Gasteiger partial charge is 0.261 e. The lowest BCUT2D eigenvalue weighted by atomic mass is 9.77. The fourth-order valence-corrected chi connectivity index (χ4v) is 9.40. The number of hydrogen-bond acceptors (Lipinski definition) is 7. The largest absolute Gasteiger partial charge is 0.292 e. The first kappa shape index (κ1) is 37.7. The van der Waals surface area contributed by atoms with Gasteiger partial charge in [-0.2, -0.15) is 5.06 Å². The molecule has 0 N–H and O–H groups in total. The molecule has 2 aliphatic rings. The molecule has 2 aliphatic heterocycles. The molecule has 8 aromatic rings. The maximum Gasteiger partial charge on any atom is 0.261 e. The lowest BCUT2D eigenvalue weighted by Gasteiger charge is -2.36. The second kappa shape index (κ2) is 16.2. The Hall–Kier alpha value is -6.55. The molecule has 10 rings (SSSR count). The fourth-order valence-electron chi connectivity index (χ4n) is 9.40. The second-order valence-corrected chi connectivity index (χ2v) is 16.0. The average molecular weight is 790 g/mol. The molecule has 2 atom stereocenters. The van der Waals surface area contributed by atoms with Crippen LogP contribution < -0.4 is 5.56 Å². The molecule has 60 heavy (non-hydrogen) atoms. The van der Waals surface area contributed by atoms with E-state index in [9.17, 15) is 4.79 Å². The third kappa shape index (κ3) is 6.73. The number of tetrazole rings is 1. The summed E-state index contributed by atoms with van der Waals surface area (Å²) in [6, 6.07) is 54.7. The predicted octanol–water partition coefficient (Wildman–Crippen LogP) is 9.79. The van der Waals surface area contributed by atoms with Crippen molar-refractivity contribution >= 4 is 10.9 Å². The van der Waals surface area contributed by atoms with Crippen molar-refractivity contribution in [2.75, 3.05) is 6.54 Å². The van der Waals surface area contributed by atoms with Gasteiger partial charge < -0.3 is 0 Å². The highest BCUT2D eigenvalue weighted by Crippen LogP contribution is 2.44. The zero-order valence-electron chi connectivity index (χ0n) is 33.8. The summed E-state index contributed by atoms with van der Waals surface area (Å²) in [5.74, 6) is 1.46. The monoisotopic (exact) mass is 789 g/mol. The first-order valence-corrected chi connectivity index (χ1v) is 21.2. The molecular formula is C51H47N7O2. The van der Waals surface area contributed by atoms with E-state index in [4.69, 9.17) is 20.1 Å². The zero-order valence-corrected chi connectivity index (χ0v) is 33.8. The second-order valence-electron chi connectivity index (χ2n) is 16.0. The molecule has 2 fully saturated rings. The van der Waals surface area contributed by atoms with Gasteiger partial charge in [0.25, 0.3) is 5.56 Å². The summed E-state index contributed by atoms with van der Waals surface area (Å²) in [6.07, 6.45) is 5.99. The fraction of sp³-hybridized carbons (Fsp3) is 0.235. The van der Waals surface area contributed by atoms with E-state index in [1.165, 1.54) is 12.8 Å². The Morgan fingerprint density at radius 1 is 0.750 bits per heavy atom. The highest BCUT2D eigenvalue weighted by atomic mass is 16.7. The van der Waals surface area contributed by atoms with Gasteiger partial charge in [0.2, 0.25) is 0 Å². The molecule has 0 bridgehead atoms. The molecule has 9 nitrogen and oxygen atoms in total. The molecule has 0 aliphatic carbocycles. The summed E-state index contributed by atoms with van der Waals surface area (Å²) in [7, 11) is 0. The van der Waals surface area contributed by atoms with Crippen LogP contribution in [0.1, 0.15) is 78.8 Å². The number of benzene rings is 6. The Kier molecular flexibility index (Phi) is 10.2. The molecule has 298 valence electrons. The summed E-state index contributed by atoms with van der Waals surface area (Å²) in [6.45, 7) is 3.57. The van der Waals surface area contributed by atoms with Crippen LogP contribution >= 0.6 is 0 Å². The van der Waals surface area contributed by atoms with Crippen LogP contribution in [0.15, 0.2) is 163 Å². The number of rotatable bonds is 12. The Morgan fingerprint density at radius 2 is 1.40 bits per heavy atom. The van der Waals surface area contributed by atoms with Gasteiger partial charge in [-0.25, -0.2) is 9.67 Å². The molecule has 0 spiro atoms. The highest BCUT2D eigenvalue weighted by Gasteiger charge is 2.42. The molecule has 0 saturated carbocycles. The summed E-state index contributed by atoms with van der Waals surface area (Å²) < 4.78 is 3.85. The predicted molar refractivity (Wildman–Crippen MR) is 235 cm³/mol. The van der Waals surface area contributed by atoms with Crippen molar-refractivity contribution in [3.63, 3.8) is 0 Å². The van der Waals surface area contributed by atoms with Crippen molar-refractivity contribution in [3.05, 3.63) is 202 Å². The molecule has 9 heteroatoms. The SMILES string of the molecule is CCCCc1nc2ccc(C3CC4CCCN4O3)cc2c(=O)n1Cc1ccc(-c2ccccc2-c2nnnn2C(c2ccccc2)(c2ccccc2)c2ccccc2)cc1. The highest BCUT2D eigenvalue weighted by molar-refractivity contribution is 5.81. The molecule has 2 saturated heterocycles. The molecule has 0 amide bonds. The number of aromatic nitrogens is 6. The van der Waals surface area contributed by atoms with Crippen LogP contribution in [-0.4, -0.2) is 47.4 Å². The average Bonchev–Trinajstić information content (AvgIpc) is 4.07. The minimum atomic E-state index is -0.877. The van der Waals surface area contributed by atoms with Gasteiger partial charge in [0.1, 0.15) is 17.5 Å². The number of nitrogens with zero attached hydrogens (tertiary/aromatic N) is 7. The lowest BCUT2D eigenvalue weighted by Crippen LogP contribution is -2.39. The van der Waals surface area contributed by atoms with Crippen LogP contribution in [0.3, 0.4) is 0 Å². The maximum absolute atomic E-state index is 14.4. The van der Waals surface area contributed by atoms with Gasteiger partial charge in [0.05, 0.1) is 17.4 Å². The summed E-state index contributed by atoms with van der Waals surface area (Å²) in [5.41, 5.74) is 7.97. The molecule has 2 aromatic heterocycles. The van der Waals surface area contributed by atoms with Gasteiger partial charge in [-0.05, 0) is 87.2 Å². The van der Waals surface area contributed by atoms with Crippen LogP contribution in [0.4, 0.5) is 0 Å². The Bertz CT molecular complexity index is 2700. The van der Waals surface area contributed by atoms with E-state index < -0.39 is 5.54 Å². The minimum Gasteiger partial charge on any atom is -0.292 e. The Morgan fingerprint density at radius 3 is 2.05 bits per heavy atom. The van der Waals surface area contributed by atoms with Crippen molar-refractivity contribution in [3.8, 4) is 22.5 Å². The van der Waals surface area contributed by atoms with Crippen LogP contribution in [0.2, 0.25) is 0 Å². The minimum absolute atomic E-state index is 0.00793. The van der Waals surface area contributed by atoms with Crippen molar-refractivity contribution < 1.29 is 4.84 Å². The molecule has 2 unspecified atom stereocenters. The van der Waals surface area contributed by atoms with Crippen LogP contribution in [-0.2, 0) is 23.3 Å². The maximum atomic E-state index is 14.4. The van der Waals surface area contributed by atoms with Crippen LogP contribution in [0, 0.1) is 0 Å². The van der Waals surface area contributed by atoms with E-state index in [0.29, 0.717) is 23.8 Å². The summed E-state index contributed by atoms with van der Waals surface area (Å²) in [4.78, 5) is 25.8. The van der Waals surface area contributed by atoms with E-state index in [1.807, 2.05) is 45.6 Å². The molecular weight excluding hydrogens is 743 g/mol. The van der Waals surface area contributed by atoms with Crippen LogP contribution in [0.25, 0.3) is 33.4 Å². The number of unbranched alkanes of at least 4 members (excludes halogenated alkanes) is 1. The topological polar surface area (TPSA) is 91.0 Å². The molecule has 0 radical (unpaired) electrons. The van der Waals surface area contributed by atoms with Crippen molar-refractivity contribution in [2.45, 2.75) is 69.7 Å². The molecule has 4 heterocycles. The molecule has 6 aromatic carbocycles. The van der Waals surface area contributed by atoms with E-state index in [2.05, 4.69) is 139 Å². The van der Waals surface area contributed by atoms with Gasteiger partial charge >= 0.3 is 0 Å². The van der Waals surface area contributed by atoms with Gasteiger partial charge in [-0.15, -0.1) is 5.10 Å². The lowest BCUT2D eigenvalue weighted by molar-refractivity contribution is -0.149. The first-order valence-electron chi connectivity index (χ1n) is 21.2. The van der Waals surface area contributed by atoms with Crippen molar-refractivity contribution in [2.24, 2.45) is 0 Å². The Labute approximate surface area is 349 Å². The number of hydroxylamine groups is 2. The van der Waals surface area contributed by atoms with Gasteiger partial charge in [0, 0.05) is 24.6 Å². The van der Waals surface area contributed by atoms with Gasteiger partial charge in [-0.1, -0.05) is 159 Å². The van der Waals surface area contributed by atoms with E-state index in [1.54, 1.807) is 0 Å². The quantitative estimate of drug-likeness (QED) is 0.114. The van der Waals surface area contributed by atoms with Gasteiger partial charge in [-0.3, -0.25) is 14.2 Å². The first-order chi connectivity index (χ1) is 29.6. The number of fused-ring (bicyclic) bond motifs is 2. The van der Waals surface area contributed by atoms with Crippen LogP contribution in [0.5, 0.6) is 0 Å². The number of hydrogen-bond donors (Lipinski definition) is 0. The van der Waals surface area contributed by atoms with Gasteiger partial charge in [0.15, 0.2) is 5.82 Å². The number of aryl methyl sites for hydroxylation is 1. The third-order valence-corrected chi connectivity index (χ3v) is 12.4. The third-order valence-electron chi connectivity index (χ3n) is 12.4. The Balaban J connectivity index is 1.02. The normalized spacial score (nSPS) is 16.7. The van der Waals surface area contributed by atoms with Crippen molar-refractivity contribution in [1.82, 2.24) is 34.8 Å². The van der Waals surface area contributed by atoms with Crippen molar-refractivity contribution in [1.29, 1.82) is 0 Å². The summed E-state index contributed by atoms with van der Waals surface area (Å²) >= 11 is 0. The van der Waals surface area contributed by atoms with E-state index in [0.717, 1.165) is 88.1 Å². The van der Waals surface area contributed by atoms with E-state index >= 15 is 0 Å².